The summed E-state index contributed by atoms with van der Waals surface area (Å²) in [6, 6.07) is 8.60. The molecule has 0 bridgehead atoms. The summed E-state index contributed by atoms with van der Waals surface area (Å²) in [5.74, 6) is -1.17. The van der Waals surface area contributed by atoms with Gasteiger partial charge in [-0.25, -0.2) is 4.98 Å². The maximum atomic E-state index is 13.3. The highest BCUT2D eigenvalue weighted by Gasteiger charge is 2.36. The number of nitriles is 1. The number of hydrogen-bond acceptors (Lipinski definition) is 5. The summed E-state index contributed by atoms with van der Waals surface area (Å²) in [7, 11) is 0. The van der Waals surface area contributed by atoms with E-state index < -0.39 is 29.6 Å². The monoisotopic (exact) mass is 440 g/mol. The third kappa shape index (κ3) is 3.78. The van der Waals surface area contributed by atoms with Crippen LogP contribution in [0.2, 0.25) is 0 Å². The van der Waals surface area contributed by atoms with E-state index in [1.54, 1.807) is 6.92 Å². The van der Waals surface area contributed by atoms with Gasteiger partial charge in [-0.3, -0.25) is 14.3 Å². The summed E-state index contributed by atoms with van der Waals surface area (Å²) >= 11 is 0. The standard InChI is InChI=1S/C21H15F3N6O2/c1-12-11-29-18(20(32)30(12)16-4-2-13(3-5-16)21(22,23)24)17(10-27-29)19(31)28-14-6-7-26-15(8-14)9-25/h2-8,10,12H,11H2,1H3,(H,26,28,31)/t12-/m0/s1. The van der Waals surface area contributed by atoms with Gasteiger partial charge in [-0.05, 0) is 43.3 Å². The van der Waals surface area contributed by atoms with E-state index in [0.717, 1.165) is 12.1 Å². The van der Waals surface area contributed by atoms with E-state index in [1.165, 1.54) is 46.2 Å². The number of alkyl halides is 3. The quantitative estimate of drug-likeness (QED) is 0.672. The van der Waals surface area contributed by atoms with Crippen LogP contribution < -0.4 is 10.2 Å². The molecule has 1 atom stereocenters. The van der Waals surface area contributed by atoms with Crippen LogP contribution in [0.15, 0.2) is 48.8 Å². The number of halogens is 3. The third-order valence-electron chi connectivity index (χ3n) is 4.99. The number of hydrogen-bond donors (Lipinski definition) is 1. The summed E-state index contributed by atoms with van der Waals surface area (Å²) in [6.45, 7) is 1.99. The summed E-state index contributed by atoms with van der Waals surface area (Å²) < 4.78 is 40.0. The molecule has 0 radical (unpaired) electrons. The van der Waals surface area contributed by atoms with Crippen molar-refractivity contribution >= 4 is 23.2 Å². The second-order valence-corrected chi connectivity index (χ2v) is 7.15. The smallest absolute Gasteiger partial charge is 0.322 e. The zero-order valence-electron chi connectivity index (χ0n) is 16.6. The number of pyridine rings is 1. The highest BCUT2D eigenvalue weighted by atomic mass is 19.4. The van der Waals surface area contributed by atoms with Crippen LogP contribution in [-0.2, 0) is 12.7 Å². The van der Waals surface area contributed by atoms with E-state index in [4.69, 9.17) is 5.26 Å². The zero-order valence-corrected chi connectivity index (χ0v) is 16.6. The van der Waals surface area contributed by atoms with Gasteiger partial charge >= 0.3 is 6.18 Å². The average molecular weight is 440 g/mol. The molecule has 0 spiro atoms. The molecular weight excluding hydrogens is 425 g/mol. The van der Waals surface area contributed by atoms with Crippen molar-refractivity contribution in [2.75, 3.05) is 10.2 Å². The largest absolute Gasteiger partial charge is 0.416 e. The first-order chi connectivity index (χ1) is 15.2. The number of carbonyl (C=O) groups is 2. The van der Waals surface area contributed by atoms with Gasteiger partial charge in [-0.1, -0.05) is 0 Å². The van der Waals surface area contributed by atoms with Crippen LogP contribution in [-0.4, -0.2) is 32.6 Å². The number of rotatable bonds is 3. The SMILES string of the molecule is C[C@H]1Cn2ncc(C(=O)Nc3ccnc(C#N)c3)c2C(=O)N1c1ccc(C(F)(F)F)cc1. The summed E-state index contributed by atoms with van der Waals surface area (Å²) in [5.41, 5.74) is -0.0835. The Morgan fingerprint density at radius 2 is 1.97 bits per heavy atom. The Bertz CT molecular complexity index is 1240. The Hall–Kier alpha value is -4.20. The van der Waals surface area contributed by atoms with Gasteiger partial charge < -0.3 is 10.2 Å². The van der Waals surface area contributed by atoms with Crippen molar-refractivity contribution in [3.05, 3.63) is 71.3 Å². The molecule has 0 unspecified atom stereocenters. The number of nitrogens with one attached hydrogen (secondary N) is 1. The summed E-state index contributed by atoms with van der Waals surface area (Å²) in [5, 5.41) is 15.7. The van der Waals surface area contributed by atoms with Gasteiger partial charge in [0.05, 0.1) is 29.9 Å². The van der Waals surface area contributed by atoms with Crippen LogP contribution in [0.1, 0.15) is 39.0 Å². The van der Waals surface area contributed by atoms with E-state index in [-0.39, 0.29) is 29.2 Å². The van der Waals surface area contributed by atoms with Crippen molar-refractivity contribution in [1.29, 1.82) is 5.26 Å². The predicted octanol–water partition coefficient (Wildman–Crippen LogP) is 3.47. The first-order valence-corrected chi connectivity index (χ1v) is 9.43. The van der Waals surface area contributed by atoms with E-state index in [1.807, 2.05) is 6.07 Å². The lowest BCUT2D eigenvalue weighted by Gasteiger charge is -2.34. The van der Waals surface area contributed by atoms with Gasteiger partial charge in [0.2, 0.25) is 0 Å². The molecule has 0 aliphatic carbocycles. The first-order valence-electron chi connectivity index (χ1n) is 9.43. The van der Waals surface area contributed by atoms with Crippen molar-refractivity contribution < 1.29 is 22.8 Å². The first kappa shape index (κ1) is 21.0. The van der Waals surface area contributed by atoms with Crippen molar-refractivity contribution in [2.24, 2.45) is 0 Å². The highest BCUT2D eigenvalue weighted by molar-refractivity contribution is 6.15. The van der Waals surface area contributed by atoms with Gasteiger partial charge in [-0.2, -0.15) is 23.5 Å². The highest BCUT2D eigenvalue weighted by Crippen LogP contribution is 2.32. The number of anilines is 2. The van der Waals surface area contributed by atoms with Crippen LogP contribution in [0.4, 0.5) is 24.5 Å². The molecule has 0 saturated carbocycles. The number of nitrogens with zero attached hydrogens (tertiary/aromatic N) is 5. The molecule has 3 aromatic rings. The van der Waals surface area contributed by atoms with E-state index in [2.05, 4.69) is 15.4 Å². The number of fused-ring (bicyclic) bond motifs is 1. The zero-order chi connectivity index (χ0) is 23.0. The molecule has 1 N–H and O–H groups in total. The molecule has 0 fully saturated rings. The number of carbonyl (C=O) groups excluding carboxylic acids is 2. The molecule has 2 aromatic heterocycles. The minimum atomic E-state index is -4.49. The summed E-state index contributed by atoms with van der Waals surface area (Å²) in [6.07, 6.45) is -1.86. The Morgan fingerprint density at radius 1 is 1.25 bits per heavy atom. The van der Waals surface area contributed by atoms with Crippen molar-refractivity contribution in [2.45, 2.75) is 25.7 Å². The van der Waals surface area contributed by atoms with Gasteiger partial charge in [-0.15, -0.1) is 0 Å². The van der Waals surface area contributed by atoms with Crippen molar-refractivity contribution in [1.82, 2.24) is 14.8 Å². The second kappa shape index (κ2) is 7.81. The molecular formula is C21H15F3N6O2. The molecule has 1 aliphatic heterocycles. The Labute approximate surface area is 179 Å². The lowest BCUT2D eigenvalue weighted by Crippen LogP contribution is -2.47. The third-order valence-corrected chi connectivity index (χ3v) is 4.99. The van der Waals surface area contributed by atoms with Crippen LogP contribution in [0, 0.1) is 11.3 Å². The molecule has 1 aromatic carbocycles. The Kier molecular flexibility index (Phi) is 5.14. The van der Waals surface area contributed by atoms with Gasteiger partial charge in [0.1, 0.15) is 17.5 Å². The number of amides is 2. The van der Waals surface area contributed by atoms with E-state index >= 15 is 0 Å². The molecule has 0 saturated heterocycles. The second-order valence-electron chi connectivity index (χ2n) is 7.15. The van der Waals surface area contributed by atoms with Crippen molar-refractivity contribution in [3.8, 4) is 6.07 Å². The summed E-state index contributed by atoms with van der Waals surface area (Å²) in [4.78, 5) is 31.2. The molecule has 2 amide bonds. The van der Waals surface area contributed by atoms with Crippen LogP contribution in [0.25, 0.3) is 0 Å². The van der Waals surface area contributed by atoms with Crippen LogP contribution >= 0.6 is 0 Å². The number of aromatic nitrogens is 3. The van der Waals surface area contributed by atoms with Gasteiger partial charge in [0, 0.05) is 17.6 Å². The Morgan fingerprint density at radius 3 is 2.62 bits per heavy atom. The number of benzene rings is 1. The fraction of sp³-hybridized carbons (Fsp3) is 0.190. The van der Waals surface area contributed by atoms with Crippen LogP contribution in [0.5, 0.6) is 0 Å². The molecule has 3 heterocycles. The van der Waals surface area contributed by atoms with Gasteiger partial charge in [0.15, 0.2) is 0 Å². The lowest BCUT2D eigenvalue weighted by atomic mass is 10.1. The molecule has 162 valence electrons. The Balaban J connectivity index is 1.64. The van der Waals surface area contributed by atoms with Crippen LogP contribution in [0.3, 0.4) is 0 Å². The molecule has 11 heteroatoms. The lowest BCUT2D eigenvalue weighted by molar-refractivity contribution is -0.137. The molecule has 8 nitrogen and oxygen atoms in total. The fourth-order valence-electron chi connectivity index (χ4n) is 3.51. The van der Waals surface area contributed by atoms with E-state index in [9.17, 15) is 22.8 Å². The van der Waals surface area contributed by atoms with E-state index in [0.29, 0.717) is 5.69 Å². The molecule has 32 heavy (non-hydrogen) atoms. The minimum absolute atomic E-state index is 0.00846. The predicted molar refractivity (Wildman–Crippen MR) is 107 cm³/mol. The topological polar surface area (TPSA) is 104 Å². The maximum absolute atomic E-state index is 13.3. The normalized spacial score (nSPS) is 15.8. The van der Waals surface area contributed by atoms with Gasteiger partial charge in [0.25, 0.3) is 11.8 Å². The molecule has 1 aliphatic rings. The minimum Gasteiger partial charge on any atom is -0.322 e. The van der Waals surface area contributed by atoms with Crippen molar-refractivity contribution in [3.63, 3.8) is 0 Å². The maximum Gasteiger partial charge on any atom is 0.416 e. The fourth-order valence-corrected chi connectivity index (χ4v) is 3.51. The molecule has 4 rings (SSSR count). The average Bonchev–Trinajstić information content (AvgIpc) is 3.18.